The summed E-state index contributed by atoms with van der Waals surface area (Å²) in [5.74, 6) is 0.779. The molecule has 0 bridgehead atoms. The molecule has 1 heterocycles. The highest BCUT2D eigenvalue weighted by Gasteiger charge is 2.50. The van der Waals surface area contributed by atoms with Crippen molar-refractivity contribution in [3.05, 3.63) is 29.8 Å². The lowest BCUT2D eigenvalue weighted by molar-refractivity contribution is -0.133. The van der Waals surface area contributed by atoms with E-state index in [4.69, 9.17) is 4.74 Å². The standard InChI is InChI=1S/C24H35NO4/c1-16(2)11-19(12-18-9-6-10-20(26)13-18)23(28)25-21(14-17-7-4-5-8-17)22(27)24(3)15-29-24/h6,9-10,13,16-17,19,21,26H,4-5,7-8,11-12,14-15H2,1-3H3,(H,25,28). The molecule has 1 saturated heterocycles. The Morgan fingerprint density at radius 1 is 1.28 bits per heavy atom. The first-order valence-corrected chi connectivity index (χ1v) is 11.0. The molecule has 1 amide bonds. The molecule has 5 heteroatoms. The van der Waals surface area contributed by atoms with E-state index in [1.807, 2.05) is 13.0 Å². The zero-order valence-corrected chi connectivity index (χ0v) is 17.9. The summed E-state index contributed by atoms with van der Waals surface area (Å²) in [7, 11) is 0. The smallest absolute Gasteiger partial charge is 0.224 e. The van der Waals surface area contributed by atoms with Crippen molar-refractivity contribution in [1.82, 2.24) is 5.32 Å². The van der Waals surface area contributed by atoms with Crippen molar-refractivity contribution in [2.45, 2.75) is 77.4 Å². The molecule has 3 rings (SSSR count). The van der Waals surface area contributed by atoms with Crippen LogP contribution in [0.25, 0.3) is 0 Å². The van der Waals surface area contributed by atoms with Gasteiger partial charge in [0.15, 0.2) is 5.78 Å². The number of hydrogen-bond acceptors (Lipinski definition) is 4. The fourth-order valence-corrected chi connectivity index (χ4v) is 4.54. The normalized spacial score (nSPS) is 23.7. The molecule has 1 aromatic carbocycles. The molecule has 2 aliphatic rings. The van der Waals surface area contributed by atoms with Gasteiger partial charge in [0.25, 0.3) is 0 Å². The first-order chi connectivity index (χ1) is 13.8. The minimum absolute atomic E-state index is 0.0124. The van der Waals surface area contributed by atoms with Gasteiger partial charge in [0.05, 0.1) is 12.6 Å². The Labute approximate surface area is 174 Å². The monoisotopic (exact) mass is 401 g/mol. The summed E-state index contributed by atoms with van der Waals surface area (Å²) in [6.07, 6.45) is 6.69. The Morgan fingerprint density at radius 3 is 2.55 bits per heavy atom. The van der Waals surface area contributed by atoms with Crippen molar-refractivity contribution >= 4 is 11.7 Å². The average molecular weight is 402 g/mol. The quantitative estimate of drug-likeness (QED) is 0.581. The van der Waals surface area contributed by atoms with Crippen LogP contribution < -0.4 is 5.32 Å². The molecule has 1 aliphatic heterocycles. The van der Waals surface area contributed by atoms with Crippen molar-refractivity contribution in [2.75, 3.05) is 6.61 Å². The van der Waals surface area contributed by atoms with Crippen molar-refractivity contribution in [3.8, 4) is 5.75 Å². The van der Waals surface area contributed by atoms with E-state index in [1.54, 1.807) is 18.2 Å². The zero-order chi connectivity index (χ0) is 21.0. The SMILES string of the molecule is CC(C)CC(Cc1cccc(O)c1)C(=O)NC(CC1CCCC1)C(=O)C1(C)CO1. The molecule has 160 valence electrons. The molecule has 1 aliphatic carbocycles. The zero-order valence-electron chi connectivity index (χ0n) is 17.9. The van der Waals surface area contributed by atoms with Crippen LogP contribution in [0.1, 0.15) is 64.9 Å². The lowest BCUT2D eigenvalue weighted by Crippen LogP contribution is -2.49. The van der Waals surface area contributed by atoms with Crippen molar-refractivity contribution in [3.63, 3.8) is 0 Å². The molecular weight excluding hydrogens is 366 g/mol. The van der Waals surface area contributed by atoms with Crippen molar-refractivity contribution in [1.29, 1.82) is 0 Å². The summed E-state index contributed by atoms with van der Waals surface area (Å²) in [6.45, 7) is 6.47. The Kier molecular flexibility index (Phi) is 6.99. The average Bonchev–Trinajstić information content (AvgIpc) is 3.20. The molecule has 0 aromatic heterocycles. The summed E-state index contributed by atoms with van der Waals surface area (Å²) >= 11 is 0. The van der Waals surface area contributed by atoms with Crippen LogP contribution in [0.2, 0.25) is 0 Å². The van der Waals surface area contributed by atoms with Gasteiger partial charge in [0.2, 0.25) is 5.91 Å². The predicted octanol–water partition coefficient (Wildman–Crippen LogP) is 4.02. The molecule has 2 N–H and O–H groups in total. The number of ketones is 1. The second kappa shape index (κ2) is 9.29. The largest absolute Gasteiger partial charge is 0.508 e. The van der Waals surface area contributed by atoms with Crippen LogP contribution >= 0.6 is 0 Å². The number of nitrogens with one attached hydrogen (secondary N) is 1. The van der Waals surface area contributed by atoms with Gasteiger partial charge < -0.3 is 15.2 Å². The predicted molar refractivity (Wildman–Crippen MR) is 113 cm³/mol. The maximum atomic E-state index is 13.2. The Balaban J connectivity index is 1.71. The van der Waals surface area contributed by atoms with Crippen molar-refractivity contribution < 1.29 is 19.4 Å². The molecule has 0 radical (unpaired) electrons. The first kappa shape index (κ1) is 21.8. The van der Waals surface area contributed by atoms with E-state index in [0.717, 1.165) is 24.8 Å². The Hall–Kier alpha value is -1.88. The van der Waals surface area contributed by atoms with Crippen LogP contribution in [0.15, 0.2) is 24.3 Å². The van der Waals surface area contributed by atoms with E-state index in [0.29, 0.717) is 31.3 Å². The number of epoxide rings is 1. The summed E-state index contributed by atoms with van der Waals surface area (Å²) in [5.41, 5.74) is 0.205. The summed E-state index contributed by atoms with van der Waals surface area (Å²) < 4.78 is 5.39. The molecule has 5 nitrogen and oxygen atoms in total. The lowest BCUT2D eigenvalue weighted by Gasteiger charge is -2.26. The van der Waals surface area contributed by atoms with Crippen LogP contribution in [-0.2, 0) is 20.7 Å². The highest BCUT2D eigenvalue weighted by Crippen LogP contribution is 2.34. The number of benzene rings is 1. The maximum Gasteiger partial charge on any atom is 0.224 e. The first-order valence-electron chi connectivity index (χ1n) is 11.0. The third-order valence-electron chi connectivity index (χ3n) is 6.29. The number of phenolic OH excluding ortho intramolecular Hbond substituents is 1. The van der Waals surface area contributed by atoms with Crippen molar-refractivity contribution in [2.24, 2.45) is 17.8 Å². The number of amides is 1. The Morgan fingerprint density at radius 2 is 1.97 bits per heavy atom. The molecule has 0 spiro atoms. The minimum Gasteiger partial charge on any atom is -0.508 e. The number of hydrogen-bond donors (Lipinski definition) is 2. The van der Waals surface area contributed by atoms with Gasteiger partial charge in [-0.2, -0.15) is 0 Å². The van der Waals surface area contributed by atoms with Gasteiger partial charge in [-0.05, 0) is 55.7 Å². The molecule has 1 saturated carbocycles. The van der Waals surface area contributed by atoms with Crippen LogP contribution in [0.4, 0.5) is 0 Å². The second-order valence-corrected chi connectivity index (χ2v) is 9.53. The van der Waals surface area contributed by atoms with Gasteiger partial charge in [-0.15, -0.1) is 0 Å². The number of carbonyl (C=O) groups is 2. The molecular formula is C24H35NO4. The van der Waals surface area contributed by atoms with E-state index < -0.39 is 11.6 Å². The van der Waals surface area contributed by atoms with Gasteiger partial charge in [-0.3, -0.25) is 9.59 Å². The second-order valence-electron chi connectivity index (χ2n) is 9.53. The van der Waals surface area contributed by atoms with Gasteiger partial charge >= 0.3 is 0 Å². The molecule has 1 aromatic rings. The van der Waals surface area contributed by atoms with E-state index in [1.165, 1.54) is 12.8 Å². The van der Waals surface area contributed by atoms with Crippen LogP contribution in [-0.4, -0.2) is 35.0 Å². The third kappa shape index (κ3) is 6.05. The van der Waals surface area contributed by atoms with Crippen LogP contribution in [0.5, 0.6) is 5.75 Å². The number of phenols is 1. The maximum absolute atomic E-state index is 13.2. The van der Waals surface area contributed by atoms with E-state index in [-0.39, 0.29) is 23.4 Å². The highest BCUT2D eigenvalue weighted by molar-refractivity contribution is 5.96. The fraction of sp³-hybridized carbons (Fsp3) is 0.667. The summed E-state index contributed by atoms with van der Waals surface area (Å²) in [5, 5.41) is 12.9. The molecule has 3 unspecified atom stereocenters. The Bertz CT molecular complexity index is 719. The number of ether oxygens (including phenoxy) is 1. The molecule has 3 atom stereocenters. The summed E-state index contributed by atoms with van der Waals surface area (Å²) in [6, 6.07) is 6.60. The van der Waals surface area contributed by atoms with E-state index in [2.05, 4.69) is 19.2 Å². The number of aromatic hydroxyl groups is 1. The van der Waals surface area contributed by atoms with Gasteiger partial charge in [-0.1, -0.05) is 51.7 Å². The van der Waals surface area contributed by atoms with Gasteiger partial charge in [0, 0.05) is 5.92 Å². The van der Waals surface area contributed by atoms with Gasteiger partial charge in [0.1, 0.15) is 11.4 Å². The molecule has 29 heavy (non-hydrogen) atoms. The van der Waals surface area contributed by atoms with Gasteiger partial charge in [-0.25, -0.2) is 0 Å². The van der Waals surface area contributed by atoms with E-state index >= 15 is 0 Å². The fourth-order valence-electron chi connectivity index (χ4n) is 4.54. The topological polar surface area (TPSA) is 78.9 Å². The number of rotatable bonds is 10. The van der Waals surface area contributed by atoms with E-state index in [9.17, 15) is 14.7 Å². The van der Waals surface area contributed by atoms with Crippen LogP contribution in [0.3, 0.4) is 0 Å². The van der Waals surface area contributed by atoms with Crippen LogP contribution in [0, 0.1) is 17.8 Å². The summed E-state index contributed by atoms with van der Waals surface area (Å²) in [4.78, 5) is 26.3. The third-order valence-corrected chi connectivity index (χ3v) is 6.29. The number of carbonyl (C=O) groups excluding carboxylic acids is 2. The minimum atomic E-state index is -0.727. The number of Topliss-reactive ketones (excluding diaryl/α,β-unsaturated/α-hetero) is 1. The highest BCUT2D eigenvalue weighted by atomic mass is 16.6. The molecule has 2 fully saturated rings. The lowest BCUT2D eigenvalue weighted by atomic mass is 9.87.